The van der Waals surface area contributed by atoms with Crippen LogP contribution >= 0.6 is 23.2 Å². The maximum absolute atomic E-state index is 12.9. The van der Waals surface area contributed by atoms with Gasteiger partial charge in [-0.3, -0.25) is 9.55 Å². The van der Waals surface area contributed by atoms with Gasteiger partial charge in [0, 0.05) is 11.4 Å². The summed E-state index contributed by atoms with van der Waals surface area (Å²) >= 11 is 12.3. The number of hydrogen-bond donors (Lipinski definition) is 3. The number of benzene rings is 2. The Morgan fingerprint density at radius 3 is 2.48 bits per heavy atom. The van der Waals surface area contributed by atoms with Gasteiger partial charge in [0.2, 0.25) is 0 Å². The van der Waals surface area contributed by atoms with Gasteiger partial charge >= 0.3 is 5.69 Å². The van der Waals surface area contributed by atoms with E-state index < -0.39 is 0 Å². The normalized spacial score (nSPS) is 19.3. The summed E-state index contributed by atoms with van der Waals surface area (Å²) < 4.78 is 1.90. The molecule has 31 heavy (non-hydrogen) atoms. The molecule has 0 aliphatic heterocycles. The summed E-state index contributed by atoms with van der Waals surface area (Å²) in [6.07, 6.45) is 5.63. The molecule has 2 heterocycles. The van der Waals surface area contributed by atoms with Gasteiger partial charge in [-0.25, -0.2) is 4.79 Å². The molecule has 2 aromatic heterocycles. The van der Waals surface area contributed by atoms with Crippen LogP contribution in [0.15, 0.2) is 41.3 Å². The van der Waals surface area contributed by atoms with Gasteiger partial charge in [-0.2, -0.15) is 0 Å². The first-order valence-electron chi connectivity index (χ1n) is 10.4. The number of aromatic hydroxyl groups is 1. The van der Waals surface area contributed by atoms with Crippen molar-refractivity contribution in [3.63, 3.8) is 0 Å². The average molecular weight is 457 g/mol. The minimum Gasteiger partial charge on any atom is -0.505 e. The molecule has 6 nitrogen and oxygen atoms in total. The van der Waals surface area contributed by atoms with Crippen molar-refractivity contribution < 1.29 is 5.11 Å². The van der Waals surface area contributed by atoms with Crippen LogP contribution in [0.2, 0.25) is 10.0 Å². The van der Waals surface area contributed by atoms with Gasteiger partial charge in [-0.1, -0.05) is 29.3 Å². The largest absolute Gasteiger partial charge is 0.505 e. The van der Waals surface area contributed by atoms with Crippen molar-refractivity contribution in [2.75, 3.05) is 6.54 Å². The summed E-state index contributed by atoms with van der Waals surface area (Å²) in [7, 11) is 0. The molecule has 0 saturated heterocycles. The maximum atomic E-state index is 12.9. The molecule has 8 heteroatoms. The first kappa shape index (κ1) is 20.4. The predicted molar refractivity (Wildman–Crippen MR) is 125 cm³/mol. The number of nitrogens with two attached hydrogens (primary N) is 1. The van der Waals surface area contributed by atoms with Crippen LogP contribution in [0.1, 0.15) is 31.7 Å². The molecular weight excluding hydrogens is 435 g/mol. The number of rotatable bonds is 3. The van der Waals surface area contributed by atoms with Crippen LogP contribution in [0, 0.1) is 5.92 Å². The fourth-order valence-electron chi connectivity index (χ4n) is 4.71. The van der Waals surface area contributed by atoms with Gasteiger partial charge < -0.3 is 15.8 Å². The van der Waals surface area contributed by atoms with E-state index in [1.807, 2.05) is 22.8 Å². The number of imidazole rings is 1. The smallest absolute Gasteiger partial charge is 0.326 e. The zero-order valence-corrected chi connectivity index (χ0v) is 18.2. The summed E-state index contributed by atoms with van der Waals surface area (Å²) in [6.45, 7) is 0.698. The lowest BCUT2D eigenvalue weighted by molar-refractivity contribution is 0.280. The van der Waals surface area contributed by atoms with Gasteiger partial charge in [0.15, 0.2) is 5.75 Å². The van der Waals surface area contributed by atoms with E-state index in [1.54, 1.807) is 18.3 Å². The van der Waals surface area contributed by atoms with E-state index in [0.29, 0.717) is 12.5 Å². The quantitative estimate of drug-likeness (QED) is 0.392. The number of pyridine rings is 1. The van der Waals surface area contributed by atoms with E-state index in [-0.39, 0.29) is 27.5 Å². The van der Waals surface area contributed by atoms with E-state index in [1.165, 1.54) is 0 Å². The first-order chi connectivity index (χ1) is 15.0. The Morgan fingerprint density at radius 2 is 1.81 bits per heavy atom. The molecular formula is C23H22Cl2N4O2. The predicted octanol–water partition coefficient (Wildman–Crippen LogP) is 5.25. The van der Waals surface area contributed by atoms with Gasteiger partial charge in [0.1, 0.15) is 0 Å². The molecule has 0 amide bonds. The van der Waals surface area contributed by atoms with Gasteiger partial charge in [-0.15, -0.1) is 0 Å². The molecule has 5 rings (SSSR count). The van der Waals surface area contributed by atoms with E-state index in [2.05, 4.69) is 9.97 Å². The monoisotopic (exact) mass is 456 g/mol. The van der Waals surface area contributed by atoms with Crippen LogP contribution in [0.25, 0.3) is 33.1 Å². The van der Waals surface area contributed by atoms with E-state index >= 15 is 0 Å². The third-order valence-corrected chi connectivity index (χ3v) is 6.98. The summed E-state index contributed by atoms with van der Waals surface area (Å²) in [5.41, 5.74) is 9.77. The number of aromatic nitrogens is 3. The van der Waals surface area contributed by atoms with Gasteiger partial charge in [0.05, 0.1) is 32.8 Å². The third-order valence-electron chi connectivity index (χ3n) is 6.41. The number of H-pyrrole nitrogens is 1. The van der Waals surface area contributed by atoms with Crippen molar-refractivity contribution in [1.29, 1.82) is 0 Å². The molecule has 1 saturated carbocycles. The molecule has 4 N–H and O–H groups in total. The summed E-state index contributed by atoms with van der Waals surface area (Å²) in [5, 5.41) is 11.1. The molecule has 160 valence electrons. The molecule has 0 atom stereocenters. The van der Waals surface area contributed by atoms with Crippen LogP contribution in [-0.2, 0) is 0 Å². The Labute approximate surface area is 188 Å². The fraction of sp³-hybridized carbons (Fsp3) is 0.304. The van der Waals surface area contributed by atoms with Crippen LogP contribution in [0.3, 0.4) is 0 Å². The molecule has 0 radical (unpaired) electrons. The molecule has 1 fully saturated rings. The van der Waals surface area contributed by atoms with E-state index in [0.717, 1.165) is 58.7 Å². The maximum Gasteiger partial charge on any atom is 0.326 e. The van der Waals surface area contributed by atoms with Crippen molar-refractivity contribution in [3.8, 4) is 16.9 Å². The third kappa shape index (κ3) is 3.49. The number of nitrogens with zero attached hydrogens (tertiary/aromatic N) is 2. The van der Waals surface area contributed by atoms with Crippen LogP contribution in [0.4, 0.5) is 0 Å². The lowest BCUT2D eigenvalue weighted by Crippen LogP contribution is -2.28. The fourth-order valence-corrected chi connectivity index (χ4v) is 5.19. The molecule has 0 spiro atoms. The molecule has 4 aromatic rings. The average Bonchev–Trinajstić information content (AvgIpc) is 3.13. The number of aromatic amines is 1. The Balaban J connectivity index is 1.69. The Bertz CT molecular complexity index is 1330. The molecule has 0 unspecified atom stereocenters. The van der Waals surface area contributed by atoms with E-state index in [4.69, 9.17) is 28.9 Å². The van der Waals surface area contributed by atoms with Crippen LogP contribution in [0.5, 0.6) is 5.75 Å². The Morgan fingerprint density at radius 1 is 1.10 bits per heavy atom. The second-order valence-corrected chi connectivity index (χ2v) is 9.07. The van der Waals surface area contributed by atoms with Crippen LogP contribution in [-0.4, -0.2) is 26.2 Å². The number of hydrogen-bond acceptors (Lipinski definition) is 4. The van der Waals surface area contributed by atoms with Gasteiger partial charge in [-0.05, 0) is 73.5 Å². The zero-order chi connectivity index (χ0) is 21.7. The highest BCUT2D eigenvalue weighted by molar-refractivity contribution is 6.37. The summed E-state index contributed by atoms with van der Waals surface area (Å²) in [5.74, 6) is 0.399. The highest BCUT2D eigenvalue weighted by atomic mass is 35.5. The van der Waals surface area contributed by atoms with Crippen molar-refractivity contribution in [3.05, 3.63) is 57.1 Å². The highest BCUT2D eigenvalue weighted by Gasteiger charge is 2.25. The van der Waals surface area contributed by atoms with Crippen molar-refractivity contribution >= 4 is 45.1 Å². The summed E-state index contributed by atoms with van der Waals surface area (Å²) in [4.78, 5) is 20.4. The Kier molecular flexibility index (Phi) is 5.16. The second-order valence-electron chi connectivity index (χ2n) is 8.25. The first-order valence-corrected chi connectivity index (χ1v) is 11.1. The highest BCUT2D eigenvalue weighted by Crippen LogP contribution is 2.38. The van der Waals surface area contributed by atoms with Gasteiger partial charge in [0.25, 0.3) is 0 Å². The molecule has 1 aliphatic carbocycles. The number of phenols is 1. The second kappa shape index (κ2) is 7.86. The number of halogens is 2. The molecule has 1 aliphatic rings. The SMILES string of the molecule is NCC1CCC(n2c(=O)[nH]c3cnc4ccc(-c5cc(Cl)c(O)c(Cl)c5)cc4c32)CC1. The Hall–Kier alpha value is -2.54. The van der Waals surface area contributed by atoms with Crippen molar-refractivity contribution in [1.82, 2.24) is 14.5 Å². The number of phenolic OH excluding ortho intramolecular Hbond substituents is 1. The number of nitrogens with one attached hydrogen (secondary N) is 1. The lowest BCUT2D eigenvalue weighted by Gasteiger charge is -2.28. The molecule has 2 aromatic carbocycles. The van der Waals surface area contributed by atoms with Crippen molar-refractivity contribution in [2.24, 2.45) is 11.7 Å². The van der Waals surface area contributed by atoms with Crippen LogP contribution < -0.4 is 11.4 Å². The minimum atomic E-state index is -0.135. The number of fused-ring (bicyclic) bond motifs is 3. The summed E-state index contributed by atoms with van der Waals surface area (Å²) in [6, 6.07) is 9.34. The minimum absolute atomic E-state index is 0.110. The topological polar surface area (TPSA) is 96.9 Å². The standard InChI is InChI=1S/C23H22Cl2N4O2/c24-17-8-14(9-18(25)22(17)30)13-3-6-19-16(7-13)21-20(11-27-19)28-23(31)29(21)15-4-1-12(10-26)2-5-15/h3,6-9,11-12,15,30H,1-2,4-5,10,26H2,(H,28,31). The van der Waals surface area contributed by atoms with E-state index in [9.17, 15) is 9.90 Å². The zero-order valence-electron chi connectivity index (χ0n) is 16.7. The molecule has 0 bridgehead atoms. The lowest BCUT2D eigenvalue weighted by atomic mass is 9.86. The van der Waals surface area contributed by atoms with Crippen molar-refractivity contribution in [2.45, 2.75) is 31.7 Å².